The SMILES string of the molecule is FCCCNCCc1ccc(Cl)s1. The fourth-order valence-electron chi connectivity index (χ4n) is 1.01. The lowest BCUT2D eigenvalue weighted by atomic mass is 10.3. The van der Waals surface area contributed by atoms with Crippen LogP contribution in [0.3, 0.4) is 0 Å². The molecule has 1 aromatic heterocycles. The Hall–Kier alpha value is -0.120. The van der Waals surface area contributed by atoms with Gasteiger partial charge in [0.2, 0.25) is 0 Å². The van der Waals surface area contributed by atoms with Gasteiger partial charge in [0.25, 0.3) is 0 Å². The minimum Gasteiger partial charge on any atom is -0.316 e. The summed E-state index contributed by atoms with van der Waals surface area (Å²) in [7, 11) is 0. The summed E-state index contributed by atoms with van der Waals surface area (Å²) in [4.78, 5) is 1.28. The Morgan fingerprint density at radius 2 is 2.23 bits per heavy atom. The van der Waals surface area contributed by atoms with Crippen molar-refractivity contribution in [2.75, 3.05) is 19.8 Å². The highest BCUT2D eigenvalue weighted by Gasteiger charge is 1.96. The van der Waals surface area contributed by atoms with E-state index >= 15 is 0 Å². The maximum Gasteiger partial charge on any atom is 0.0931 e. The van der Waals surface area contributed by atoms with Crippen LogP contribution in [0.1, 0.15) is 11.3 Å². The predicted octanol–water partition coefficient (Wildman–Crippen LogP) is 2.89. The number of nitrogens with one attached hydrogen (secondary N) is 1. The first-order chi connectivity index (χ1) is 6.33. The topological polar surface area (TPSA) is 12.0 Å². The molecule has 13 heavy (non-hydrogen) atoms. The van der Waals surface area contributed by atoms with E-state index in [0.29, 0.717) is 6.42 Å². The normalized spacial score (nSPS) is 10.6. The summed E-state index contributed by atoms with van der Waals surface area (Å²) in [6.07, 6.45) is 1.58. The second-order valence-electron chi connectivity index (χ2n) is 2.75. The van der Waals surface area contributed by atoms with E-state index in [4.69, 9.17) is 11.6 Å². The summed E-state index contributed by atoms with van der Waals surface area (Å²) in [6, 6.07) is 3.94. The summed E-state index contributed by atoms with van der Waals surface area (Å²) in [6.45, 7) is 1.42. The molecule has 0 unspecified atom stereocenters. The molecule has 0 aromatic carbocycles. The summed E-state index contributed by atoms with van der Waals surface area (Å²) in [5.41, 5.74) is 0. The largest absolute Gasteiger partial charge is 0.316 e. The van der Waals surface area contributed by atoms with Crippen molar-refractivity contribution in [3.8, 4) is 0 Å². The number of rotatable bonds is 6. The van der Waals surface area contributed by atoms with E-state index in [2.05, 4.69) is 5.32 Å². The molecule has 0 spiro atoms. The molecule has 0 fully saturated rings. The lowest BCUT2D eigenvalue weighted by Crippen LogP contribution is -2.18. The van der Waals surface area contributed by atoms with Gasteiger partial charge in [0.05, 0.1) is 11.0 Å². The second kappa shape index (κ2) is 6.35. The minimum absolute atomic E-state index is 0.238. The quantitative estimate of drug-likeness (QED) is 0.729. The van der Waals surface area contributed by atoms with Gasteiger partial charge in [-0.05, 0) is 38.1 Å². The van der Waals surface area contributed by atoms with E-state index in [1.54, 1.807) is 11.3 Å². The lowest BCUT2D eigenvalue weighted by molar-refractivity contribution is 0.460. The third-order valence-corrected chi connectivity index (χ3v) is 2.96. The first-order valence-corrected chi connectivity index (χ1v) is 5.53. The highest BCUT2D eigenvalue weighted by molar-refractivity contribution is 7.16. The molecular weight excluding hydrogens is 209 g/mol. The fourth-order valence-corrected chi connectivity index (χ4v) is 2.10. The van der Waals surface area contributed by atoms with Crippen molar-refractivity contribution < 1.29 is 4.39 Å². The molecule has 1 aromatic rings. The van der Waals surface area contributed by atoms with Crippen LogP contribution in [0.2, 0.25) is 4.34 Å². The smallest absolute Gasteiger partial charge is 0.0931 e. The number of alkyl halides is 1. The second-order valence-corrected chi connectivity index (χ2v) is 4.55. The average Bonchev–Trinajstić information content (AvgIpc) is 2.51. The molecule has 0 saturated carbocycles. The van der Waals surface area contributed by atoms with Crippen LogP contribution in [0.5, 0.6) is 0 Å². The first kappa shape index (κ1) is 11.0. The Morgan fingerprint density at radius 3 is 2.85 bits per heavy atom. The molecule has 1 rings (SSSR count). The van der Waals surface area contributed by atoms with Crippen molar-refractivity contribution in [1.29, 1.82) is 0 Å². The summed E-state index contributed by atoms with van der Waals surface area (Å²) < 4.78 is 12.5. The number of hydrogen-bond acceptors (Lipinski definition) is 2. The van der Waals surface area contributed by atoms with E-state index in [1.807, 2.05) is 12.1 Å². The number of halogens is 2. The maximum atomic E-state index is 11.7. The van der Waals surface area contributed by atoms with Gasteiger partial charge >= 0.3 is 0 Å². The van der Waals surface area contributed by atoms with Gasteiger partial charge in [0, 0.05) is 4.88 Å². The van der Waals surface area contributed by atoms with Gasteiger partial charge < -0.3 is 5.32 Å². The molecule has 1 N–H and O–H groups in total. The summed E-state index contributed by atoms with van der Waals surface area (Å²) >= 11 is 7.37. The Balaban J connectivity index is 2.06. The molecule has 0 amide bonds. The summed E-state index contributed by atoms with van der Waals surface area (Å²) in [5.74, 6) is 0. The molecule has 0 aliphatic heterocycles. The van der Waals surface area contributed by atoms with Crippen molar-refractivity contribution in [2.45, 2.75) is 12.8 Å². The molecular formula is C9H13ClFNS. The van der Waals surface area contributed by atoms with Gasteiger partial charge in [0.15, 0.2) is 0 Å². The first-order valence-electron chi connectivity index (χ1n) is 4.34. The van der Waals surface area contributed by atoms with Crippen LogP contribution in [0.4, 0.5) is 4.39 Å². The third-order valence-electron chi connectivity index (χ3n) is 1.66. The van der Waals surface area contributed by atoms with E-state index in [0.717, 1.165) is 23.8 Å². The Labute approximate surface area is 86.9 Å². The van der Waals surface area contributed by atoms with Gasteiger partial charge in [-0.25, -0.2) is 0 Å². The van der Waals surface area contributed by atoms with Crippen molar-refractivity contribution >= 4 is 22.9 Å². The molecule has 1 nitrogen and oxygen atoms in total. The zero-order chi connectivity index (χ0) is 9.52. The standard InChI is InChI=1S/C9H13ClFNS/c10-9-3-2-8(13-9)4-7-12-6-1-5-11/h2-3,12H,1,4-7H2. The van der Waals surface area contributed by atoms with Gasteiger partial charge in [0.1, 0.15) is 0 Å². The Bertz CT molecular complexity index is 239. The van der Waals surface area contributed by atoms with E-state index < -0.39 is 0 Å². The Kier molecular flexibility index (Phi) is 5.35. The van der Waals surface area contributed by atoms with Crippen LogP contribution >= 0.6 is 22.9 Å². The number of hydrogen-bond donors (Lipinski definition) is 1. The van der Waals surface area contributed by atoms with Crippen LogP contribution in [0.15, 0.2) is 12.1 Å². The van der Waals surface area contributed by atoms with Crippen molar-refractivity contribution in [1.82, 2.24) is 5.32 Å². The molecule has 0 bridgehead atoms. The highest BCUT2D eigenvalue weighted by atomic mass is 35.5. The van der Waals surface area contributed by atoms with Crippen LogP contribution in [0.25, 0.3) is 0 Å². The van der Waals surface area contributed by atoms with Crippen LogP contribution in [-0.4, -0.2) is 19.8 Å². The molecule has 1 heterocycles. The highest BCUT2D eigenvalue weighted by Crippen LogP contribution is 2.21. The molecule has 0 aliphatic carbocycles. The zero-order valence-electron chi connectivity index (χ0n) is 7.35. The molecule has 0 radical (unpaired) electrons. The zero-order valence-corrected chi connectivity index (χ0v) is 8.93. The minimum atomic E-state index is -0.238. The molecule has 0 atom stereocenters. The third kappa shape index (κ3) is 4.60. The number of thiophene rings is 1. The van der Waals surface area contributed by atoms with Crippen molar-refractivity contribution in [2.24, 2.45) is 0 Å². The molecule has 74 valence electrons. The fraction of sp³-hybridized carbons (Fsp3) is 0.556. The van der Waals surface area contributed by atoms with Crippen molar-refractivity contribution in [3.63, 3.8) is 0 Å². The van der Waals surface area contributed by atoms with Gasteiger partial charge in [-0.2, -0.15) is 0 Å². The molecule has 0 saturated heterocycles. The van der Waals surface area contributed by atoms with Crippen molar-refractivity contribution in [3.05, 3.63) is 21.3 Å². The average molecular weight is 222 g/mol. The molecule has 4 heteroatoms. The van der Waals surface area contributed by atoms with Crippen LogP contribution in [0, 0.1) is 0 Å². The van der Waals surface area contributed by atoms with E-state index in [9.17, 15) is 4.39 Å². The predicted molar refractivity (Wildman–Crippen MR) is 56.5 cm³/mol. The summed E-state index contributed by atoms with van der Waals surface area (Å²) in [5, 5.41) is 3.17. The monoisotopic (exact) mass is 221 g/mol. The van der Waals surface area contributed by atoms with Gasteiger partial charge in [-0.3, -0.25) is 4.39 Å². The maximum absolute atomic E-state index is 11.7. The Morgan fingerprint density at radius 1 is 1.38 bits per heavy atom. The lowest BCUT2D eigenvalue weighted by Gasteiger charge is -2.00. The van der Waals surface area contributed by atoms with Gasteiger partial charge in [-0.15, -0.1) is 11.3 Å². The van der Waals surface area contributed by atoms with Crippen LogP contribution in [-0.2, 0) is 6.42 Å². The van der Waals surface area contributed by atoms with E-state index in [1.165, 1.54) is 4.88 Å². The van der Waals surface area contributed by atoms with E-state index in [-0.39, 0.29) is 6.67 Å². The van der Waals surface area contributed by atoms with Gasteiger partial charge in [-0.1, -0.05) is 11.6 Å². The molecule has 0 aliphatic rings. The van der Waals surface area contributed by atoms with Crippen LogP contribution < -0.4 is 5.32 Å².